The van der Waals surface area contributed by atoms with E-state index in [1.165, 1.54) is 6.42 Å². The summed E-state index contributed by atoms with van der Waals surface area (Å²) in [5.74, 6) is 1.77. The molecule has 168 valence electrons. The molecule has 5 nitrogen and oxygen atoms in total. The van der Waals surface area contributed by atoms with Gasteiger partial charge in [-0.2, -0.15) is 0 Å². The first kappa shape index (κ1) is 22.9. The van der Waals surface area contributed by atoms with Gasteiger partial charge in [0.2, 0.25) is 5.91 Å². The maximum atomic E-state index is 13.4. The van der Waals surface area contributed by atoms with Crippen molar-refractivity contribution in [3.05, 3.63) is 18.2 Å². The summed E-state index contributed by atoms with van der Waals surface area (Å²) in [5, 5.41) is 11.4. The van der Waals surface area contributed by atoms with E-state index in [1.807, 2.05) is 19.1 Å². The van der Waals surface area contributed by atoms with Crippen LogP contribution in [0.1, 0.15) is 66.2 Å². The van der Waals surface area contributed by atoms with Crippen molar-refractivity contribution in [2.45, 2.75) is 71.8 Å². The smallest absolute Gasteiger partial charge is 0.227 e. The van der Waals surface area contributed by atoms with Gasteiger partial charge < -0.3 is 19.5 Å². The Morgan fingerprint density at radius 1 is 1.07 bits per heavy atom. The minimum atomic E-state index is -0.832. The first-order valence-electron chi connectivity index (χ1n) is 11.2. The molecule has 3 rings (SSSR count). The molecular formula is C25H39NO4. The van der Waals surface area contributed by atoms with Gasteiger partial charge in [0.25, 0.3) is 0 Å². The van der Waals surface area contributed by atoms with Gasteiger partial charge in [-0.05, 0) is 49.4 Å². The molecule has 4 atom stereocenters. The lowest BCUT2D eigenvalue weighted by molar-refractivity contribution is -0.172. The Morgan fingerprint density at radius 3 is 2.23 bits per heavy atom. The molecule has 0 saturated heterocycles. The Hall–Kier alpha value is -1.75. The van der Waals surface area contributed by atoms with Crippen LogP contribution in [0.4, 0.5) is 5.69 Å². The topological polar surface area (TPSA) is 59.0 Å². The fraction of sp³-hybridized carbons (Fsp3) is 0.720. The van der Waals surface area contributed by atoms with E-state index in [0.717, 1.165) is 31.4 Å². The first-order chi connectivity index (χ1) is 13.9. The number of nitrogens with zero attached hydrogens (tertiary/aromatic N) is 1. The van der Waals surface area contributed by atoms with E-state index in [9.17, 15) is 9.90 Å². The average Bonchev–Trinajstić information content (AvgIpc) is 2.68. The van der Waals surface area contributed by atoms with Gasteiger partial charge in [0.05, 0.1) is 25.5 Å². The predicted molar refractivity (Wildman–Crippen MR) is 120 cm³/mol. The van der Waals surface area contributed by atoms with Crippen molar-refractivity contribution in [3.8, 4) is 11.5 Å². The zero-order chi connectivity index (χ0) is 22.3. The van der Waals surface area contributed by atoms with Gasteiger partial charge >= 0.3 is 0 Å². The van der Waals surface area contributed by atoms with Gasteiger partial charge in [-0.25, -0.2) is 0 Å². The Kier molecular flexibility index (Phi) is 6.16. The molecule has 1 amide bonds. The van der Waals surface area contributed by atoms with E-state index in [-0.39, 0.29) is 22.7 Å². The number of methoxy groups -OCH3 is 2. The minimum Gasteiger partial charge on any atom is -0.497 e. The molecule has 1 aromatic carbocycles. The third-order valence-corrected chi connectivity index (χ3v) is 8.24. The van der Waals surface area contributed by atoms with E-state index in [4.69, 9.17) is 9.47 Å². The summed E-state index contributed by atoms with van der Waals surface area (Å²) in [5.41, 5.74) is 0.113. The standard InChI is InChI=1S/C25H39NO4/c1-23(2)10-8-11-24(3)20(23)9-12-25(4,28)21(24)16-22(27)26(5)17-13-18(29-6)15-19(14-17)30-7/h13-15,20-21,28H,8-12,16H2,1-7H3/t20?,21-,24+,25-/m1/s1. The predicted octanol–water partition coefficient (Wildman–Crippen LogP) is 5.05. The van der Waals surface area contributed by atoms with E-state index in [1.54, 1.807) is 32.2 Å². The number of aliphatic hydroxyl groups is 1. The maximum absolute atomic E-state index is 13.4. The van der Waals surface area contributed by atoms with Crippen molar-refractivity contribution in [2.24, 2.45) is 22.7 Å². The highest BCUT2D eigenvalue weighted by molar-refractivity contribution is 5.93. The lowest BCUT2D eigenvalue weighted by Gasteiger charge is -2.61. The van der Waals surface area contributed by atoms with Crippen LogP contribution in [0.2, 0.25) is 0 Å². The van der Waals surface area contributed by atoms with Gasteiger partial charge in [-0.3, -0.25) is 4.79 Å². The van der Waals surface area contributed by atoms with Crippen molar-refractivity contribution < 1.29 is 19.4 Å². The third kappa shape index (κ3) is 4.05. The van der Waals surface area contributed by atoms with Gasteiger partial charge in [-0.1, -0.05) is 27.2 Å². The highest BCUT2D eigenvalue weighted by Crippen LogP contribution is 2.62. The molecule has 1 unspecified atom stereocenters. The molecule has 2 aliphatic carbocycles. The lowest BCUT2D eigenvalue weighted by atomic mass is 9.45. The molecule has 0 radical (unpaired) electrons. The van der Waals surface area contributed by atoms with Gasteiger partial charge in [0.15, 0.2) is 0 Å². The molecule has 1 aromatic rings. The minimum absolute atomic E-state index is 0.0147. The van der Waals surface area contributed by atoms with Crippen LogP contribution in [0.3, 0.4) is 0 Å². The summed E-state index contributed by atoms with van der Waals surface area (Å²) in [6.45, 7) is 8.98. The monoisotopic (exact) mass is 417 g/mol. The fourth-order valence-electron chi connectivity index (χ4n) is 6.52. The van der Waals surface area contributed by atoms with Crippen LogP contribution >= 0.6 is 0 Å². The van der Waals surface area contributed by atoms with Crippen molar-refractivity contribution in [1.82, 2.24) is 0 Å². The summed E-state index contributed by atoms with van der Waals surface area (Å²) in [7, 11) is 5.00. The van der Waals surface area contributed by atoms with E-state index in [0.29, 0.717) is 23.8 Å². The Morgan fingerprint density at radius 2 is 1.67 bits per heavy atom. The first-order valence-corrected chi connectivity index (χ1v) is 11.2. The summed E-state index contributed by atoms with van der Waals surface area (Å²) < 4.78 is 10.7. The van der Waals surface area contributed by atoms with Crippen LogP contribution in [0.25, 0.3) is 0 Å². The highest BCUT2D eigenvalue weighted by Gasteiger charge is 2.58. The van der Waals surface area contributed by atoms with Crippen LogP contribution in [0.15, 0.2) is 18.2 Å². The maximum Gasteiger partial charge on any atom is 0.227 e. The Balaban J connectivity index is 1.88. The number of hydrogen-bond donors (Lipinski definition) is 1. The summed E-state index contributed by atoms with van der Waals surface area (Å²) in [4.78, 5) is 15.1. The van der Waals surface area contributed by atoms with Crippen LogP contribution in [0, 0.1) is 22.7 Å². The zero-order valence-electron chi connectivity index (χ0n) is 19.7. The molecule has 30 heavy (non-hydrogen) atoms. The Bertz CT molecular complexity index is 765. The van der Waals surface area contributed by atoms with Gasteiger partial charge in [0, 0.05) is 37.6 Å². The number of rotatable bonds is 5. The van der Waals surface area contributed by atoms with E-state index in [2.05, 4.69) is 20.8 Å². The van der Waals surface area contributed by atoms with Crippen molar-refractivity contribution in [3.63, 3.8) is 0 Å². The van der Waals surface area contributed by atoms with Crippen molar-refractivity contribution in [1.29, 1.82) is 0 Å². The van der Waals surface area contributed by atoms with E-state index < -0.39 is 5.60 Å². The largest absolute Gasteiger partial charge is 0.497 e. The molecule has 2 fully saturated rings. The fourth-order valence-corrected chi connectivity index (χ4v) is 6.52. The van der Waals surface area contributed by atoms with Crippen LogP contribution < -0.4 is 14.4 Å². The number of anilines is 1. The molecule has 2 saturated carbocycles. The summed E-state index contributed by atoms with van der Waals surface area (Å²) in [6, 6.07) is 5.48. The molecule has 0 aliphatic heterocycles. The number of carbonyl (C=O) groups is 1. The SMILES string of the molecule is COc1cc(OC)cc(N(C)C(=O)C[C@@H]2[C@@]3(C)CCCC(C)(C)C3CC[C@@]2(C)O)c1. The summed E-state index contributed by atoms with van der Waals surface area (Å²) in [6.07, 6.45) is 5.58. The molecule has 2 aliphatic rings. The van der Waals surface area contributed by atoms with Crippen molar-refractivity contribution in [2.75, 3.05) is 26.2 Å². The molecule has 1 N–H and O–H groups in total. The number of fused-ring (bicyclic) bond motifs is 1. The summed E-state index contributed by atoms with van der Waals surface area (Å²) >= 11 is 0. The second kappa shape index (κ2) is 8.07. The number of carbonyl (C=O) groups excluding carboxylic acids is 1. The highest BCUT2D eigenvalue weighted by atomic mass is 16.5. The van der Waals surface area contributed by atoms with Crippen LogP contribution in [-0.4, -0.2) is 37.9 Å². The second-order valence-corrected chi connectivity index (χ2v) is 10.6. The molecular weight excluding hydrogens is 378 g/mol. The quantitative estimate of drug-likeness (QED) is 0.728. The molecule has 0 bridgehead atoms. The zero-order valence-corrected chi connectivity index (χ0v) is 19.7. The second-order valence-electron chi connectivity index (χ2n) is 10.6. The number of ether oxygens (including phenoxy) is 2. The van der Waals surface area contributed by atoms with Crippen LogP contribution in [0.5, 0.6) is 11.5 Å². The van der Waals surface area contributed by atoms with Gasteiger partial charge in [-0.15, -0.1) is 0 Å². The Labute approximate surface area is 181 Å². The third-order valence-electron chi connectivity index (χ3n) is 8.24. The van der Waals surface area contributed by atoms with Crippen molar-refractivity contribution >= 4 is 11.6 Å². The molecule has 5 heteroatoms. The lowest BCUT2D eigenvalue weighted by Crippen LogP contribution is -2.58. The number of hydrogen-bond acceptors (Lipinski definition) is 4. The molecule has 0 aromatic heterocycles. The normalized spacial score (nSPS) is 32.8. The molecule has 0 spiro atoms. The number of amides is 1. The van der Waals surface area contributed by atoms with Crippen LogP contribution in [-0.2, 0) is 4.79 Å². The van der Waals surface area contributed by atoms with E-state index >= 15 is 0 Å². The van der Waals surface area contributed by atoms with Gasteiger partial charge in [0.1, 0.15) is 11.5 Å². The average molecular weight is 418 g/mol. The molecule has 0 heterocycles. The number of benzene rings is 1.